The number of aryl methyl sites for hydroxylation is 1. The molecular weight excluding hydrogens is 363 g/mol. The van der Waals surface area contributed by atoms with Crippen molar-refractivity contribution in [3.63, 3.8) is 0 Å². The molecule has 0 radical (unpaired) electrons. The van der Waals surface area contributed by atoms with Gasteiger partial charge in [-0.25, -0.2) is 4.39 Å². The SMILES string of the molecule is CN(CCCc1cc(-c2ccc(F)cc2)n[nH]1)C(=O)CCN1C(=O)CCC1=O. The van der Waals surface area contributed by atoms with Gasteiger partial charge in [0.2, 0.25) is 17.7 Å². The monoisotopic (exact) mass is 386 g/mol. The third kappa shape index (κ3) is 4.82. The van der Waals surface area contributed by atoms with E-state index in [0.717, 1.165) is 29.8 Å². The van der Waals surface area contributed by atoms with Crippen LogP contribution in [-0.2, 0) is 20.8 Å². The van der Waals surface area contributed by atoms with Gasteiger partial charge in [-0.3, -0.25) is 24.4 Å². The van der Waals surface area contributed by atoms with E-state index in [0.29, 0.717) is 6.54 Å². The van der Waals surface area contributed by atoms with Crippen LogP contribution in [0.15, 0.2) is 30.3 Å². The molecule has 8 heteroatoms. The number of aromatic amines is 1. The van der Waals surface area contributed by atoms with Gasteiger partial charge in [0.1, 0.15) is 5.82 Å². The van der Waals surface area contributed by atoms with Gasteiger partial charge >= 0.3 is 0 Å². The van der Waals surface area contributed by atoms with Crippen LogP contribution in [0.25, 0.3) is 11.3 Å². The van der Waals surface area contributed by atoms with Crippen molar-refractivity contribution >= 4 is 17.7 Å². The molecule has 2 heterocycles. The van der Waals surface area contributed by atoms with Gasteiger partial charge in [0.25, 0.3) is 0 Å². The van der Waals surface area contributed by atoms with Crippen molar-refractivity contribution in [2.75, 3.05) is 20.1 Å². The Morgan fingerprint density at radius 2 is 1.89 bits per heavy atom. The van der Waals surface area contributed by atoms with Crippen LogP contribution in [-0.4, -0.2) is 57.9 Å². The molecule has 1 aromatic carbocycles. The molecule has 0 atom stereocenters. The number of H-pyrrole nitrogens is 1. The molecule has 0 aliphatic carbocycles. The lowest BCUT2D eigenvalue weighted by Gasteiger charge is -2.19. The van der Waals surface area contributed by atoms with Crippen LogP contribution in [0.3, 0.4) is 0 Å². The lowest BCUT2D eigenvalue weighted by atomic mass is 10.1. The summed E-state index contributed by atoms with van der Waals surface area (Å²) in [6.45, 7) is 0.716. The molecule has 1 fully saturated rings. The highest BCUT2D eigenvalue weighted by Crippen LogP contribution is 2.18. The first-order valence-corrected chi connectivity index (χ1v) is 9.31. The number of hydrogen-bond acceptors (Lipinski definition) is 4. The molecular formula is C20H23FN4O3. The molecule has 1 saturated heterocycles. The number of halogens is 1. The topological polar surface area (TPSA) is 86.4 Å². The maximum absolute atomic E-state index is 13.0. The average Bonchev–Trinajstić information content (AvgIpc) is 3.27. The Balaban J connectivity index is 1.42. The second-order valence-corrected chi connectivity index (χ2v) is 6.89. The quantitative estimate of drug-likeness (QED) is 0.705. The van der Waals surface area contributed by atoms with E-state index in [4.69, 9.17) is 0 Å². The van der Waals surface area contributed by atoms with Gasteiger partial charge in [0, 0.05) is 50.7 Å². The summed E-state index contributed by atoms with van der Waals surface area (Å²) in [5.74, 6) is -0.775. The van der Waals surface area contributed by atoms with Crippen LogP contribution in [0.4, 0.5) is 4.39 Å². The third-order valence-corrected chi connectivity index (χ3v) is 4.84. The number of imide groups is 1. The first-order valence-electron chi connectivity index (χ1n) is 9.31. The normalized spacial score (nSPS) is 14.0. The Morgan fingerprint density at radius 3 is 2.57 bits per heavy atom. The predicted octanol–water partition coefficient (Wildman–Crippen LogP) is 2.15. The van der Waals surface area contributed by atoms with Crippen molar-refractivity contribution in [3.8, 4) is 11.3 Å². The summed E-state index contributed by atoms with van der Waals surface area (Å²) < 4.78 is 13.0. The molecule has 1 aliphatic rings. The van der Waals surface area contributed by atoms with Crippen LogP contribution >= 0.6 is 0 Å². The number of benzene rings is 1. The van der Waals surface area contributed by atoms with E-state index < -0.39 is 0 Å². The molecule has 28 heavy (non-hydrogen) atoms. The summed E-state index contributed by atoms with van der Waals surface area (Å²) in [6, 6.07) is 8.07. The number of aromatic nitrogens is 2. The number of nitrogens with one attached hydrogen (secondary N) is 1. The van der Waals surface area contributed by atoms with Crippen LogP contribution in [0.5, 0.6) is 0 Å². The van der Waals surface area contributed by atoms with Gasteiger partial charge in [0.15, 0.2) is 0 Å². The zero-order chi connectivity index (χ0) is 20.1. The molecule has 0 bridgehead atoms. The summed E-state index contributed by atoms with van der Waals surface area (Å²) in [7, 11) is 1.72. The number of carbonyl (C=O) groups is 3. The van der Waals surface area contributed by atoms with Crippen LogP contribution in [0.2, 0.25) is 0 Å². The average molecular weight is 386 g/mol. The number of likely N-dealkylation sites (tertiary alicyclic amines) is 1. The molecule has 1 aliphatic heterocycles. The first-order chi connectivity index (χ1) is 13.4. The van der Waals surface area contributed by atoms with E-state index in [1.165, 1.54) is 17.0 Å². The van der Waals surface area contributed by atoms with Gasteiger partial charge in [-0.15, -0.1) is 0 Å². The first kappa shape index (κ1) is 19.7. The van der Waals surface area contributed by atoms with E-state index in [1.807, 2.05) is 6.07 Å². The van der Waals surface area contributed by atoms with E-state index >= 15 is 0 Å². The van der Waals surface area contributed by atoms with E-state index in [9.17, 15) is 18.8 Å². The van der Waals surface area contributed by atoms with Crippen LogP contribution in [0.1, 0.15) is 31.4 Å². The number of amides is 3. The molecule has 3 rings (SSSR count). The van der Waals surface area contributed by atoms with E-state index in [2.05, 4.69) is 10.2 Å². The second-order valence-electron chi connectivity index (χ2n) is 6.89. The summed E-state index contributed by atoms with van der Waals surface area (Å²) >= 11 is 0. The number of hydrogen-bond donors (Lipinski definition) is 1. The smallest absolute Gasteiger partial charge is 0.229 e. The maximum Gasteiger partial charge on any atom is 0.229 e. The van der Waals surface area contributed by atoms with Crippen LogP contribution in [0, 0.1) is 5.82 Å². The fraction of sp³-hybridized carbons (Fsp3) is 0.400. The molecule has 0 spiro atoms. The number of carbonyl (C=O) groups excluding carboxylic acids is 3. The molecule has 1 N–H and O–H groups in total. The molecule has 3 amide bonds. The Hall–Kier alpha value is -3.03. The summed E-state index contributed by atoms with van der Waals surface area (Å²) in [5.41, 5.74) is 2.52. The fourth-order valence-corrected chi connectivity index (χ4v) is 3.16. The Bertz CT molecular complexity index is 847. The molecule has 148 valence electrons. The van der Waals surface area contributed by atoms with Gasteiger partial charge < -0.3 is 4.90 Å². The highest BCUT2D eigenvalue weighted by Gasteiger charge is 2.29. The minimum Gasteiger partial charge on any atom is -0.346 e. The van der Waals surface area contributed by atoms with Crippen molar-refractivity contribution in [2.45, 2.75) is 32.1 Å². The van der Waals surface area contributed by atoms with Crippen molar-refractivity contribution in [2.24, 2.45) is 0 Å². The molecule has 0 saturated carbocycles. The lowest BCUT2D eigenvalue weighted by molar-refractivity contribution is -0.139. The zero-order valence-corrected chi connectivity index (χ0v) is 15.8. The summed E-state index contributed by atoms with van der Waals surface area (Å²) in [4.78, 5) is 38.1. The maximum atomic E-state index is 13.0. The summed E-state index contributed by atoms with van der Waals surface area (Å²) in [6.07, 6.45) is 2.09. The third-order valence-electron chi connectivity index (χ3n) is 4.84. The fourth-order valence-electron chi connectivity index (χ4n) is 3.16. The second kappa shape index (κ2) is 8.77. The van der Waals surface area contributed by atoms with E-state index in [-0.39, 0.29) is 49.3 Å². The highest BCUT2D eigenvalue weighted by atomic mass is 19.1. The Kier molecular flexibility index (Phi) is 6.18. The van der Waals surface area contributed by atoms with Gasteiger partial charge in [0.05, 0.1) is 5.69 Å². The number of nitrogens with zero attached hydrogens (tertiary/aromatic N) is 3. The Morgan fingerprint density at radius 1 is 1.21 bits per heavy atom. The minimum absolute atomic E-state index is 0.0934. The molecule has 7 nitrogen and oxygen atoms in total. The summed E-state index contributed by atoms with van der Waals surface area (Å²) in [5, 5.41) is 7.20. The predicted molar refractivity (Wildman–Crippen MR) is 101 cm³/mol. The van der Waals surface area contributed by atoms with E-state index in [1.54, 1.807) is 24.1 Å². The van der Waals surface area contributed by atoms with Gasteiger partial charge in [-0.2, -0.15) is 5.10 Å². The van der Waals surface area contributed by atoms with Gasteiger partial charge in [-0.1, -0.05) is 0 Å². The van der Waals surface area contributed by atoms with Crippen molar-refractivity contribution in [1.29, 1.82) is 0 Å². The van der Waals surface area contributed by atoms with Crippen molar-refractivity contribution in [1.82, 2.24) is 20.0 Å². The lowest BCUT2D eigenvalue weighted by Crippen LogP contribution is -2.35. The molecule has 2 aromatic rings. The number of rotatable bonds is 8. The zero-order valence-electron chi connectivity index (χ0n) is 15.8. The molecule has 0 unspecified atom stereocenters. The Labute approximate surface area is 162 Å². The van der Waals surface area contributed by atoms with Crippen molar-refractivity contribution < 1.29 is 18.8 Å². The largest absolute Gasteiger partial charge is 0.346 e. The molecule has 1 aromatic heterocycles. The van der Waals surface area contributed by atoms with Crippen molar-refractivity contribution in [3.05, 3.63) is 41.8 Å². The van der Waals surface area contributed by atoms with Crippen LogP contribution < -0.4 is 0 Å². The highest BCUT2D eigenvalue weighted by molar-refractivity contribution is 6.02. The standard InChI is InChI=1S/C20H23FN4O3/c1-24(18(26)10-12-25-19(27)8-9-20(25)28)11-2-3-16-13-17(23-22-16)14-4-6-15(21)7-5-14/h4-7,13H,2-3,8-12H2,1H3,(H,22,23). The van der Waals surface area contributed by atoms with Gasteiger partial charge in [-0.05, 0) is 43.2 Å². The minimum atomic E-state index is -0.286.